The van der Waals surface area contributed by atoms with Gasteiger partial charge in [0.2, 0.25) is 0 Å². The molecule has 0 saturated heterocycles. The van der Waals surface area contributed by atoms with Crippen LogP contribution in [-0.4, -0.2) is 11.0 Å². The lowest BCUT2D eigenvalue weighted by atomic mass is 10.1. The SMILES string of the molecule is CCCc1nc(COc2cc(F)cc(CC(C)N)c2)cs1. The molecule has 1 unspecified atom stereocenters. The number of nitrogens with zero attached hydrogens (tertiary/aromatic N) is 1. The lowest BCUT2D eigenvalue weighted by Gasteiger charge is -2.09. The second-order valence-corrected chi connectivity index (χ2v) is 6.19. The third-order valence-corrected chi connectivity index (χ3v) is 3.90. The van der Waals surface area contributed by atoms with Crippen LogP contribution in [0.5, 0.6) is 5.75 Å². The lowest BCUT2D eigenvalue weighted by molar-refractivity contribution is 0.300. The van der Waals surface area contributed by atoms with E-state index in [1.165, 1.54) is 12.1 Å². The molecule has 2 N–H and O–H groups in total. The Morgan fingerprint density at radius 1 is 1.38 bits per heavy atom. The Balaban J connectivity index is 1.99. The molecule has 0 bridgehead atoms. The van der Waals surface area contributed by atoms with Gasteiger partial charge in [-0.25, -0.2) is 9.37 Å². The van der Waals surface area contributed by atoms with E-state index in [4.69, 9.17) is 10.5 Å². The van der Waals surface area contributed by atoms with Crippen LogP contribution >= 0.6 is 11.3 Å². The van der Waals surface area contributed by atoms with Crippen LogP contribution in [0.4, 0.5) is 4.39 Å². The van der Waals surface area contributed by atoms with Crippen LogP contribution < -0.4 is 10.5 Å². The van der Waals surface area contributed by atoms with Gasteiger partial charge in [0.1, 0.15) is 18.2 Å². The largest absolute Gasteiger partial charge is 0.487 e. The molecule has 3 nitrogen and oxygen atoms in total. The van der Waals surface area contributed by atoms with E-state index in [0.29, 0.717) is 18.8 Å². The van der Waals surface area contributed by atoms with Gasteiger partial charge in [0.25, 0.3) is 0 Å². The zero-order valence-corrected chi connectivity index (χ0v) is 13.3. The average molecular weight is 308 g/mol. The van der Waals surface area contributed by atoms with E-state index in [0.717, 1.165) is 29.1 Å². The highest BCUT2D eigenvalue weighted by Crippen LogP contribution is 2.20. The van der Waals surface area contributed by atoms with E-state index in [-0.39, 0.29) is 11.9 Å². The van der Waals surface area contributed by atoms with Gasteiger partial charge < -0.3 is 10.5 Å². The van der Waals surface area contributed by atoms with E-state index < -0.39 is 0 Å². The third-order valence-electron chi connectivity index (χ3n) is 2.94. The molecule has 0 spiro atoms. The molecule has 114 valence electrons. The van der Waals surface area contributed by atoms with Crippen molar-refractivity contribution < 1.29 is 9.13 Å². The summed E-state index contributed by atoms with van der Waals surface area (Å²) < 4.78 is 19.2. The molecule has 0 radical (unpaired) electrons. The quantitative estimate of drug-likeness (QED) is 0.848. The van der Waals surface area contributed by atoms with E-state index in [1.54, 1.807) is 11.3 Å². The highest BCUT2D eigenvalue weighted by molar-refractivity contribution is 7.09. The molecule has 0 fully saturated rings. The summed E-state index contributed by atoms with van der Waals surface area (Å²) in [5.41, 5.74) is 7.49. The fraction of sp³-hybridized carbons (Fsp3) is 0.438. The number of benzene rings is 1. The second-order valence-electron chi connectivity index (χ2n) is 5.25. The van der Waals surface area contributed by atoms with E-state index in [9.17, 15) is 4.39 Å². The first-order valence-electron chi connectivity index (χ1n) is 7.18. The Morgan fingerprint density at radius 3 is 2.90 bits per heavy atom. The summed E-state index contributed by atoms with van der Waals surface area (Å²) in [7, 11) is 0. The maximum atomic E-state index is 13.6. The van der Waals surface area contributed by atoms with Crippen LogP contribution in [0.3, 0.4) is 0 Å². The second kappa shape index (κ2) is 7.52. The number of halogens is 1. The predicted molar refractivity (Wildman–Crippen MR) is 84.2 cm³/mol. The van der Waals surface area contributed by atoms with Crippen LogP contribution in [0, 0.1) is 5.82 Å². The van der Waals surface area contributed by atoms with Crippen LogP contribution in [-0.2, 0) is 19.4 Å². The van der Waals surface area contributed by atoms with Gasteiger partial charge >= 0.3 is 0 Å². The molecule has 1 heterocycles. The number of hydrogen-bond donors (Lipinski definition) is 1. The summed E-state index contributed by atoms with van der Waals surface area (Å²) in [6, 6.07) is 4.73. The van der Waals surface area contributed by atoms with Crippen molar-refractivity contribution in [3.63, 3.8) is 0 Å². The fourth-order valence-electron chi connectivity index (χ4n) is 2.09. The van der Waals surface area contributed by atoms with Crippen molar-refractivity contribution in [2.75, 3.05) is 0 Å². The smallest absolute Gasteiger partial charge is 0.131 e. The molecule has 1 atom stereocenters. The molecule has 5 heteroatoms. The van der Waals surface area contributed by atoms with Gasteiger partial charge in [-0.3, -0.25) is 0 Å². The van der Waals surface area contributed by atoms with Gasteiger partial charge in [-0.05, 0) is 43.9 Å². The first kappa shape index (κ1) is 15.9. The lowest BCUT2D eigenvalue weighted by Crippen LogP contribution is -2.17. The summed E-state index contributed by atoms with van der Waals surface area (Å²) in [5.74, 6) is 0.226. The van der Waals surface area contributed by atoms with Crippen molar-refractivity contribution in [3.05, 3.63) is 45.7 Å². The van der Waals surface area contributed by atoms with Crippen molar-refractivity contribution in [2.24, 2.45) is 5.73 Å². The maximum Gasteiger partial charge on any atom is 0.131 e. The number of hydrogen-bond acceptors (Lipinski definition) is 4. The topological polar surface area (TPSA) is 48.1 Å². The van der Waals surface area contributed by atoms with Crippen LogP contribution in [0.25, 0.3) is 0 Å². The van der Waals surface area contributed by atoms with Gasteiger partial charge in [0.05, 0.1) is 10.7 Å². The minimum atomic E-state index is -0.298. The van der Waals surface area contributed by atoms with Crippen molar-refractivity contribution in [1.82, 2.24) is 4.98 Å². The van der Waals surface area contributed by atoms with Gasteiger partial charge in [-0.15, -0.1) is 11.3 Å². The number of aryl methyl sites for hydroxylation is 1. The number of ether oxygens (including phenoxy) is 1. The summed E-state index contributed by atoms with van der Waals surface area (Å²) >= 11 is 1.64. The Labute approximate surface area is 129 Å². The maximum absolute atomic E-state index is 13.6. The summed E-state index contributed by atoms with van der Waals surface area (Å²) in [6.45, 7) is 4.39. The Kier molecular flexibility index (Phi) is 5.70. The molecule has 0 aliphatic heterocycles. The Hall–Kier alpha value is -1.46. The third kappa shape index (κ3) is 5.10. The van der Waals surface area contributed by atoms with E-state index >= 15 is 0 Å². The molecule has 1 aromatic carbocycles. The fourth-order valence-corrected chi connectivity index (χ4v) is 2.98. The first-order chi connectivity index (χ1) is 10.1. The predicted octanol–water partition coefficient (Wildman–Crippen LogP) is 3.70. The molecule has 1 aromatic heterocycles. The highest BCUT2D eigenvalue weighted by Gasteiger charge is 2.06. The molecule has 2 rings (SSSR count). The van der Waals surface area contributed by atoms with Crippen LogP contribution in [0.1, 0.15) is 36.5 Å². The molecular weight excluding hydrogens is 287 g/mol. The van der Waals surface area contributed by atoms with Gasteiger partial charge in [-0.2, -0.15) is 0 Å². The summed E-state index contributed by atoms with van der Waals surface area (Å²) in [4.78, 5) is 4.49. The molecule has 21 heavy (non-hydrogen) atoms. The zero-order chi connectivity index (χ0) is 15.2. The Morgan fingerprint density at radius 2 is 2.19 bits per heavy atom. The van der Waals surface area contributed by atoms with Gasteiger partial charge in [0.15, 0.2) is 0 Å². The first-order valence-corrected chi connectivity index (χ1v) is 8.06. The number of thiazole rings is 1. The van der Waals surface area contributed by atoms with Crippen molar-refractivity contribution >= 4 is 11.3 Å². The number of nitrogens with two attached hydrogens (primary N) is 1. The van der Waals surface area contributed by atoms with Crippen molar-refractivity contribution in [3.8, 4) is 5.75 Å². The summed E-state index contributed by atoms with van der Waals surface area (Å²) in [6.07, 6.45) is 2.70. The summed E-state index contributed by atoms with van der Waals surface area (Å²) in [5, 5.41) is 3.11. The number of rotatable bonds is 7. The average Bonchev–Trinajstić information content (AvgIpc) is 2.83. The normalized spacial score (nSPS) is 12.4. The van der Waals surface area contributed by atoms with E-state index in [2.05, 4.69) is 11.9 Å². The highest BCUT2D eigenvalue weighted by atomic mass is 32.1. The number of aromatic nitrogens is 1. The molecule has 0 aliphatic rings. The monoisotopic (exact) mass is 308 g/mol. The van der Waals surface area contributed by atoms with Crippen molar-refractivity contribution in [1.29, 1.82) is 0 Å². The van der Waals surface area contributed by atoms with Crippen LogP contribution in [0.2, 0.25) is 0 Å². The van der Waals surface area contributed by atoms with E-state index in [1.807, 2.05) is 18.4 Å². The molecule has 0 amide bonds. The standard InChI is InChI=1S/C16H21FN2OS/c1-3-4-16-19-14(10-21-16)9-20-15-7-12(5-11(2)18)6-13(17)8-15/h6-8,10-11H,3-5,9,18H2,1-2H3. The molecule has 0 saturated carbocycles. The molecular formula is C16H21FN2OS. The minimum absolute atomic E-state index is 0.00482. The van der Waals surface area contributed by atoms with Gasteiger partial charge in [0, 0.05) is 17.5 Å². The Bertz CT molecular complexity index is 583. The zero-order valence-electron chi connectivity index (χ0n) is 12.4. The van der Waals surface area contributed by atoms with Crippen LogP contribution in [0.15, 0.2) is 23.6 Å². The molecule has 2 aromatic rings. The van der Waals surface area contributed by atoms with Crippen molar-refractivity contribution in [2.45, 2.75) is 45.8 Å². The van der Waals surface area contributed by atoms with Gasteiger partial charge in [-0.1, -0.05) is 6.92 Å². The minimum Gasteiger partial charge on any atom is -0.487 e. The molecule has 0 aliphatic carbocycles.